The van der Waals surface area contributed by atoms with Crippen LogP contribution in [0.2, 0.25) is 0 Å². The summed E-state index contributed by atoms with van der Waals surface area (Å²) in [5, 5.41) is 10.1. The molecule has 5 heterocycles. The molecule has 1 fully saturated rings. The van der Waals surface area contributed by atoms with Crippen LogP contribution in [0.4, 0.5) is 17.5 Å². The molecule has 1 unspecified atom stereocenters. The van der Waals surface area contributed by atoms with Gasteiger partial charge in [0.1, 0.15) is 40.9 Å². The van der Waals surface area contributed by atoms with E-state index in [2.05, 4.69) is 52.6 Å². The number of ether oxygens (including phenoxy) is 2. The van der Waals surface area contributed by atoms with Gasteiger partial charge in [0.15, 0.2) is 11.5 Å². The summed E-state index contributed by atoms with van der Waals surface area (Å²) in [5.74, 6) is 2.06. The van der Waals surface area contributed by atoms with Gasteiger partial charge in [0.25, 0.3) is 0 Å². The quantitative estimate of drug-likeness (QED) is 0.270. The Labute approximate surface area is 235 Å². The number of likely N-dealkylation sites (N-methyl/N-ethyl adjacent to an activating group) is 1. The minimum absolute atomic E-state index is 0.154. The first-order chi connectivity index (χ1) is 20.0. The van der Waals surface area contributed by atoms with Gasteiger partial charge < -0.3 is 14.8 Å². The third-order valence-corrected chi connectivity index (χ3v) is 6.89. The highest BCUT2D eigenvalue weighted by Gasteiger charge is 2.18. The average Bonchev–Trinajstić information content (AvgIpc) is 3.61. The number of fused-ring (bicyclic) bond motifs is 2. The van der Waals surface area contributed by atoms with Crippen molar-refractivity contribution in [2.75, 3.05) is 31.3 Å². The van der Waals surface area contributed by atoms with E-state index in [4.69, 9.17) is 9.47 Å². The SMILES string of the molecule is COc1cc(Oc2ccn3ncnc3c2)c(C)cc1Nc1ncnc2cnc(NC(=O)C=CC3CCCN3C)nc12. The molecule has 1 aliphatic heterocycles. The van der Waals surface area contributed by atoms with Crippen LogP contribution in [0.3, 0.4) is 0 Å². The standard InChI is InChI=1S/C28H28N10O3/c1-17-11-20(23(40-3)13-22(17)41-19-8-10-38-24(12-19)31-16-33-38)34-27-26-21(30-15-32-27)14-29-28(36-26)35-25(39)7-6-18-5-4-9-37(18)2/h6-8,10-16,18H,4-5,9H2,1-3H3,(H,30,32,34)(H,29,35,36,39). The van der Waals surface area contributed by atoms with Crippen molar-refractivity contribution in [3.63, 3.8) is 0 Å². The van der Waals surface area contributed by atoms with E-state index in [0.717, 1.165) is 24.9 Å². The third-order valence-electron chi connectivity index (χ3n) is 6.89. The number of nitrogens with one attached hydrogen (secondary N) is 2. The number of anilines is 3. The van der Waals surface area contributed by atoms with E-state index in [0.29, 0.717) is 45.4 Å². The number of aryl methyl sites for hydroxylation is 1. The molecule has 208 valence electrons. The van der Waals surface area contributed by atoms with Crippen LogP contribution in [0.5, 0.6) is 17.2 Å². The highest BCUT2D eigenvalue weighted by molar-refractivity contribution is 5.99. The summed E-state index contributed by atoms with van der Waals surface area (Å²) < 4.78 is 13.5. The fourth-order valence-corrected chi connectivity index (χ4v) is 4.70. The van der Waals surface area contributed by atoms with Crippen LogP contribution in [0.15, 0.2) is 61.5 Å². The minimum Gasteiger partial charge on any atom is -0.494 e. The maximum Gasteiger partial charge on any atom is 0.250 e. The topological polar surface area (TPSA) is 145 Å². The lowest BCUT2D eigenvalue weighted by molar-refractivity contribution is -0.112. The van der Waals surface area contributed by atoms with Crippen LogP contribution < -0.4 is 20.1 Å². The Morgan fingerprint density at radius 3 is 2.85 bits per heavy atom. The molecule has 0 aliphatic carbocycles. The van der Waals surface area contributed by atoms with Crippen molar-refractivity contribution in [1.29, 1.82) is 0 Å². The number of methoxy groups -OCH3 is 1. The molecule has 0 radical (unpaired) electrons. The van der Waals surface area contributed by atoms with Crippen molar-refractivity contribution >= 4 is 40.0 Å². The van der Waals surface area contributed by atoms with Crippen LogP contribution in [0.25, 0.3) is 16.7 Å². The molecule has 1 atom stereocenters. The molecule has 1 amide bonds. The number of nitrogens with zero attached hydrogens (tertiary/aromatic N) is 8. The molecule has 2 N–H and O–H groups in total. The first-order valence-corrected chi connectivity index (χ1v) is 13.1. The number of rotatable bonds is 8. The molecule has 41 heavy (non-hydrogen) atoms. The fraction of sp³-hybridized carbons (Fsp3) is 0.250. The highest BCUT2D eigenvalue weighted by Crippen LogP contribution is 2.37. The molecule has 13 nitrogen and oxygen atoms in total. The number of amides is 1. The van der Waals surface area contributed by atoms with Gasteiger partial charge in [0, 0.05) is 30.4 Å². The van der Waals surface area contributed by atoms with Crippen molar-refractivity contribution in [2.45, 2.75) is 25.8 Å². The molecule has 0 saturated carbocycles. The summed E-state index contributed by atoms with van der Waals surface area (Å²) in [6.07, 6.45) is 11.8. The molecule has 1 aliphatic rings. The van der Waals surface area contributed by atoms with E-state index in [9.17, 15) is 4.79 Å². The molecule has 1 saturated heterocycles. The Kier molecular flexibility index (Phi) is 7.08. The normalized spacial score (nSPS) is 15.5. The van der Waals surface area contributed by atoms with Gasteiger partial charge in [-0.3, -0.25) is 15.0 Å². The van der Waals surface area contributed by atoms with Gasteiger partial charge in [-0.2, -0.15) is 5.10 Å². The summed E-state index contributed by atoms with van der Waals surface area (Å²) >= 11 is 0. The Balaban J connectivity index is 1.23. The van der Waals surface area contributed by atoms with Crippen molar-refractivity contribution < 1.29 is 14.3 Å². The van der Waals surface area contributed by atoms with Gasteiger partial charge >= 0.3 is 0 Å². The summed E-state index contributed by atoms with van der Waals surface area (Å²) in [5.41, 5.74) is 3.14. The minimum atomic E-state index is -0.299. The van der Waals surface area contributed by atoms with Crippen molar-refractivity contribution in [3.05, 3.63) is 67.0 Å². The number of aromatic nitrogens is 7. The third kappa shape index (κ3) is 5.61. The van der Waals surface area contributed by atoms with E-state index in [-0.39, 0.29) is 17.9 Å². The molecular formula is C28H28N10O3. The Morgan fingerprint density at radius 2 is 2.02 bits per heavy atom. The van der Waals surface area contributed by atoms with Gasteiger partial charge in [-0.15, -0.1) is 0 Å². The first kappa shape index (κ1) is 26.1. The maximum absolute atomic E-state index is 12.5. The zero-order valence-corrected chi connectivity index (χ0v) is 22.8. The van der Waals surface area contributed by atoms with E-state index < -0.39 is 0 Å². The smallest absolute Gasteiger partial charge is 0.250 e. The molecule has 6 rings (SSSR count). The fourth-order valence-electron chi connectivity index (χ4n) is 4.70. The lowest BCUT2D eigenvalue weighted by Gasteiger charge is -2.16. The van der Waals surface area contributed by atoms with Gasteiger partial charge in [-0.25, -0.2) is 29.4 Å². The van der Waals surface area contributed by atoms with Gasteiger partial charge in [-0.1, -0.05) is 6.08 Å². The van der Waals surface area contributed by atoms with Crippen LogP contribution in [0, 0.1) is 6.92 Å². The Bertz CT molecular complexity index is 1770. The molecule has 0 bridgehead atoms. The Morgan fingerprint density at radius 1 is 1.12 bits per heavy atom. The lowest BCUT2D eigenvalue weighted by Crippen LogP contribution is -2.23. The summed E-state index contributed by atoms with van der Waals surface area (Å²) in [7, 11) is 3.63. The number of hydrogen-bond acceptors (Lipinski definition) is 11. The van der Waals surface area contributed by atoms with E-state index in [1.165, 1.54) is 18.7 Å². The largest absolute Gasteiger partial charge is 0.494 e. The number of likely N-dealkylation sites (tertiary alicyclic amines) is 1. The summed E-state index contributed by atoms with van der Waals surface area (Å²) in [4.78, 5) is 36.4. The van der Waals surface area contributed by atoms with Crippen LogP contribution >= 0.6 is 0 Å². The molecule has 1 aromatic carbocycles. The summed E-state index contributed by atoms with van der Waals surface area (Å²) in [6.45, 7) is 2.96. The average molecular weight is 553 g/mol. The molecule has 0 spiro atoms. The number of pyridine rings is 1. The lowest BCUT2D eigenvalue weighted by atomic mass is 10.1. The number of carbonyl (C=O) groups excluding carboxylic acids is 1. The number of carbonyl (C=O) groups is 1. The van der Waals surface area contributed by atoms with Crippen molar-refractivity contribution in [3.8, 4) is 17.2 Å². The highest BCUT2D eigenvalue weighted by atomic mass is 16.5. The van der Waals surface area contributed by atoms with Crippen LogP contribution in [-0.2, 0) is 4.79 Å². The van der Waals surface area contributed by atoms with Crippen molar-refractivity contribution in [2.24, 2.45) is 0 Å². The molecule has 4 aromatic heterocycles. The van der Waals surface area contributed by atoms with Gasteiger partial charge in [0.2, 0.25) is 11.9 Å². The molecule has 5 aromatic rings. The zero-order valence-electron chi connectivity index (χ0n) is 22.8. The van der Waals surface area contributed by atoms with Crippen LogP contribution in [0.1, 0.15) is 18.4 Å². The van der Waals surface area contributed by atoms with Crippen molar-refractivity contribution in [1.82, 2.24) is 39.4 Å². The second-order valence-electron chi connectivity index (χ2n) is 9.66. The van der Waals surface area contributed by atoms with Gasteiger partial charge in [-0.05, 0) is 51.1 Å². The maximum atomic E-state index is 12.5. The Hall–Kier alpha value is -5.17. The monoisotopic (exact) mass is 552 g/mol. The predicted octanol–water partition coefficient (Wildman–Crippen LogP) is 3.90. The second kappa shape index (κ2) is 11.1. The molecular weight excluding hydrogens is 524 g/mol. The number of benzene rings is 1. The molecule has 13 heteroatoms. The second-order valence-corrected chi connectivity index (χ2v) is 9.66. The van der Waals surface area contributed by atoms with E-state index in [1.54, 1.807) is 36.2 Å². The predicted molar refractivity (Wildman–Crippen MR) is 153 cm³/mol. The zero-order chi connectivity index (χ0) is 28.3. The van der Waals surface area contributed by atoms with Crippen LogP contribution in [-0.4, -0.2) is 72.1 Å². The first-order valence-electron chi connectivity index (χ1n) is 13.1. The van der Waals surface area contributed by atoms with Gasteiger partial charge in [0.05, 0.1) is 19.0 Å². The summed E-state index contributed by atoms with van der Waals surface area (Å²) in [6, 6.07) is 7.56. The van der Waals surface area contributed by atoms with E-state index in [1.807, 2.05) is 25.1 Å². The van der Waals surface area contributed by atoms with E-state index >= 15 is 0 Å². The number of hydrogen-bond donors (Lipinski definition) is 2.